The van der Waals surface area contributed by atoms with Crippen molar-refractivity contribution in [3.63, 3.8) is 0 Å². The fourth-order valence-corrected chi connectivity index (χ4v) is 2.98. The van der Waals surface area contributed by atoms with Crippen molar-refractivity contribution in [2.45, 2.75) is 41.7 Å². The zero-order chi connectivity index (χ0) is 14.0. The molecule has 1 heterocycles. The second-order valence-electron chi connectivity index (χ2n) is 4.63. The lowest BCUT2D eigenvalue weighted by atomic mass is 10.0. The molecule has 1 aliphatic rings. The summed E-state index contributed by atoms with van der Waals surface area (Å²) in [5.74, 6) is 0. The van der Waals surface area contributed by atoms with Crippen molar-refractivity contribution in [3.05, 3.63) is 29.8 Å². The molecule has 0 aliphatic carbocycles. The van der Waals surface area contributed by atoms with Gasteiger partial charge in [-0.2, -0.15) is 0 Å². The van der Waals surface area contributed by atoms with Crippen molar-refractivity contribution in [1.29, 1.82) is 0 Å². The van der Waals surface area contributed by atoms with Gasteiger partial charge < -0.3 is 25.2 Å². The van der Waals surface area contributed by atoms with Crippen LogP contribution in [-0.2, 0) is 4.74 Å². The van der Waals surface area contributed by atoms with Crippen molar-refractivity contribution >= 4 is 11.8 Å². The lowest BCUT2D eigenvalue weighted by Crippen LogP contribution is -2.57. The average molecular weight is 286 g/mol. The molecule has 106 valence electrons. The Morgan fingerprint density at radius 1 is 1.05 bits per heavy atom. The summed E-state index contributed by atoms with van der Waals surface area (Å²) in [4.78, 5) is 0.884. The van der Waals surface area contributed by atoms with E-state index in [2.05, 4.69) is 0 Å². The van der Waals surface area contributed by atoms with Gasteiger partial charge in [-0.3, -0.25) is 0 Å². The molecule has 19 heavy (non-hydrogen) atoms. The smallest absolute Gasteiger partial charge is 0.136 e. The van der Waals surface area contributed by atoms with E-state index in [4.69, 9.17) is 9.84 Å². The predicted molar refractivity (Wildman–Crippen MR) is 70.8 cm³/mol. The Balaban J connectivity index is 2.08. The van der Waals surface area contributed by atoms with Crippen molar-refractivity contribution in [3.8, 4) is 0 Å². The molecule has 0 radical (unpaired) electrons. The molecular weight excluding hydrogens is 268 g/mol. The van der Waals surface area contributed by atoms with Crippen molar-refractivity contribution in [2.24, 2.45) is 0 Å². The molecule has 5 atom stereocenters. The van der Waals surface area contributed by atoms with E-state index < -0.39 is 36.5 Å². The van der Waals surface area contributed by atoms with Gasteiger partial charge in [-0.25, -0.2) is 0 Å². The van der Waals surface area contributed by atoms with E-state index in [1.165, 1.54) is 11.8 Å². The summed E-state index contributed by atoms with van der Waals surface area (Å²) < 4.78 is 5.42. The van der Waals surface area contributed by atoms with Crippen LogP contribution in [0.25, 0.3) is 0 Å². The SMILES string of the molecule is Cc1ccc(SC2OC(CO)C(O)C(O)C2O)cc1. The Morgan fingerprint density at radius 2 is 1.68 bits per heavy atom. The molecular formula is C13H18O5S. The van der Waals surface area contributed by atoms with Crippen molar-refractivity contribution in [2.75, 3.05) is 6.61 Å². The number of benzene rings is 1. The molecule has 2 rings (SSSR count). The van der Waals surface area contributed by atoms with Gasteiger partial charge in [0, 0.05) is 4.90 Å². The number of aryl methyl sites for hydroxylation is 1. The van der Waals surface area contributed by atoms with Crippen molar-refractivity contribution in [1.82, 2.24) is 0 Å². The summed E-state index contributed by atoms with van der Waals surface area (Å²) in [6.45, 7) is 1.57. The van der Waals surface area contributed by atoms with Gasteiger partial charge in [0.2, 0.25) is 0 Å². The number of hydrogen-bond donors (Lipinski definition) is 4. The standard InChI is InChI=1S/C13H18O5S/c1-7-2-4-8(5-3-7)19-13-12(17)11(16)10(15)9(6-14)18-13/h2-5,9-17H,6H2,1H3. The molecule has 0 spiro atoms. The van der Waals surface area contributed by atoms with Crippen LogP contribution in [0.2, 0.25) is 0 Å². The Hall–Kier alpha value is -0.630. The first kappa shape index (κ1) is 14.8. The Morgan fingerprint density at radius 3 is 2.26 bits per heavy atom. The minimum absolute atomic E-state index is 0.407. The first-order valence-electron chi connectivity index (χ1n) is 6.07. The van der Waals surface area contributed by atoms with Gasteiger partial charge in [0.05, 0.1) is 6.61 Å². The third kappa shape index (κ3) is 3.28. The Labute approximate surface area is 115 Å². The summed E-state index contributed by atoms with van der Waals surface area (Å²) in [5.41, 5.74) is 0.399. The zero-order valence-corrected chi connectivity index (χ0v) is 11.3. The molecule has 1 aliphatic heterocycles. The molecule has 0 aromatic heterocycles. The van der Waals surface area contributed by atoms with Gasteiger partial charge in [-0.05, 0) is 19.1 Å². The lowest BCUT2D eigenvalue weighted by molar-refractivity contribution is -0.205. The molecule has 5 unspecified atom stereocenters. The second kappa shape index (κ2) is 6.21. The van der Waals surface area contributed by atoms with Crippen LogP contribution in [0.1, 0.15) is 5.56 Å². The summed E-state index contributed by atoms with van der Waals surface area (Å²) in [7, 11) is 0. The highest BCUT2D eigenvalue weighted by atomic mass is 32.2. The summed E-state index contributed by atoms with van der Waals surface area (Å²) in [6, 6.07) is 7.65. The predicted octanol–water partition coefficient (Wildman–Crippen LogP) is -0.113. The van der Waals surface area contributed by atoms with Gasteiger partial charge in [-0.1, -0.05) is 29.5 Å². The molecule has 0 amide bonds. The molecule has 4 N–H and O–H groups in total. The first-order valence-corrected chi connectivity index (χ1v) is 6.94. The van der Waals surface area contributed by atoms with Crippen LogP contribution >= 0.6 is 11.8 Å². The van der Waals surface area contributed by atoms with E-state index in [9.17, 15) is 15.3 Å². The first-order chi connectivity index (χ1) is 9.02. The maximum atomic E-state index is 9.90. The monoisotopic (exact) mass is 286 g/mol. The largest absolute Gasteiger partial charge is 0.394 e. The third-order valence-electron chi connectivity index (χ3n) is 3.12. The van der Waals surface area contributed by atoms with Crippen molar-refractivity contribution < 1.29 is 25.2 Å². The highest BCUT2D eigenvalue weighted by molar-refractivity contribution is 7.99. The molecule has 1 saturated heterocycles. The van der Waals surface area contributed by atoms with Crippen LogP contribution < -0.4 is 0 Å². The maximum Gasteiger partial charge on any atom is 0.136 e. The van der Waals surface area contributed by atoms with Crippen LogP contribution in [0, 0.1) is 6.92 Å². The van der Waals surface area contributed by atoms with Crippen LogP contribution in [0.5, 0.6) is 0 Å². The fraction of sp³-hybridized carbons (Fsp3) is 0.538. The Kier molecular flexibility index (Phi) is 4.83. The minimum Gasteiger partial charge on any atom is -0.394 e. The zero-order valence-electron chi connectivity index (χ0n) is 10.5. The lowest BCUT2D eigenvalue weighted by Gasteiger charge is -2.39. The highest BCUT2D eigenvalue weighted by Crippen LogP contribution is 2.33. The number of rotatable bonds is 3. The number of aliphatic hydroxyl groups is 4. The van der Waals surface area contributed by atoms with Gasteiger partial charge in [0.25, 0.3) is 0 Å². The molecule has 0 bridgehead atoms. The summed E-state index contributed by atoms with van der Waals surface area (Å²) in [5, 5.41) is 38.4. The molecule has 6 heteroatoms. The quantitative estimate of drug-likeness (QED) is 0.620. The maximum absolute atomic E-state index is 9.90. The van der Waals surface area contributed by atoms with Crippen LogP contribution in [0.3, 0.4) is 0 Å². The van der Waals surface area contributed by atoms with E-state index in [1.54, 1.807) is 0 Å². The van der Waals surface area contributed by atoms with E-state index >= 15 is 0 Å². The molecule has 0 saturated carbocycles. The number of aliphatic hydroxyl groups excluding tert-OH is 4. The van der Waals surface area contributed by atoms with Gasteiger partial charge in [0.1, 0.15) is 29.9 Å². The topological polar surface area (TPSA) is 90.2 Å². The van der Waals surface area contributed by atoms with Gasteiger partial charge in [0.15, 0.2) is 0 Å². The number of thioether (sulfide) groups is 1. The van der Waals surface area contributed by atoms with Gasteiger partial charge in [-0.15, -0.1) is 0 Å². The molecule has 1 aromatic rings. The van der Waals surface area contributed by atoms with Crippen LogP contribution in [0.4, 0.5) is 0 Å². The normalized spacial score (nSPS) is 35.3. The fourth-order valence-electron chi connectivity index (χ4n) is 1.92. The average Bonchev–Trinajstić information content (AvgIpc) is 2.42. The summed E-state index contributed by atoms with van der Waals surface area (Å²) >= 11 is 1.25. The minimum atomic E-state index is -1.33. The van der Waals surface area contributed by atoms with Crippen LogP contribution in [0.15, 0.2) is 29.2 Å². The third-order valence-corrected chi connectivity index (χ3v) is 4.29. The molecule has 5 nitrogen and oxygen atoms in total. The summed E-state index contributed by atoms with van der Waals surface area (Å²) in [6.07, 6.45) is -4.70. The highest BCUT2D eigenvalue weighted by Gasteiger charge is 2.43. The number of hydrogen-bond acceptors (Lipinski definition) is 6. The van der Waals surface area contributed by atoms with Crippen LogP contribution in [-0.4, -0.2) is 56.9 Å². The van der Waals surface area contributed by atoms with Gasteiger partial charge >= 0.3 is 0 Å². The Bertz CT molecular complexity index is 408. The number of ether oxygens (including phenoxy) is 1. The van der Waals surface area contributed by atoms with E-state index in [0.29, 0.717) is 0 Å². The molecule has 1 aromatic carbocycles. The second-order valence-corrected chi connectivity index (χ2v) is 5.80. The van der Waals surface area contributed by atoms with E-state index in [-0.39, 0.29) is 0 Å². The van der Waals surface area contributed by atoms with E-state index in [1.807, 2.05) is 31.2 Å². The van der Waals surface area contributed by atoms with E-state index in [0.717, 1.165) is 10.5 Å². The molecule has 1 fully saturated rings.